The maximum atomic E-state index is 13.8. The van der Waals surface area contributed by atoms with E-state index in [1.807, 2.05) is 12.2 Å². The number of hydrogen-bond acceptors (Lipinski definition) is 3. The number of guanidine groups is 1. The van der Waals surface area contributed by atoms with Crippen LogP contribution in [0.4, 0.5) is 10.3 Å². The van der Waals surface area contributed by atoms with E-state index >= 15 is 0 Å². The van der Waals surface area contributed by atoms with E-state index in [4.69, 9.17) is 11.1 Å². The van der Waals surface area contributed by atoms with Crippen molar-refractivity contribution in [1.29, 1.82) is 5.41 Å². The minimum absolute atomic E-state index is 0.224. The molecule has 3 rings (SSSR count). The van der Waals surface area contributed by atoms with Crippen LogP contribution >= 0.6 is 0 Å². The van der Waals surface area contributed by atoms with Crippen molar-refractivity contribution in [3.8, 4) is 0 Å². The van der Waals surface area contributed by atoms with Gasteiger partial charge in [-0.05, 0) is 18.6 Å². The first-order chi connectivity index (χ1) is 10.5. The van der Waals surface area contributed by atoms with Crippen LogP contribution in [0.1, 0.15) is 30.3 Å². The predicted molar refractivity (Wildman–Crippen MR) is 85.5 cm³/mol. The molecule has 1 aromatic rings. The average Bonchev–Trinajstić information content (AvgIpc) is 2.47. The van der Waals surface area contributed by atoms with Crippen molar-refractivity contribution in [3.63, 3.8) is 0 Å². The van der Waals surface area contributed by atoms with Crippen LogP contribution in [0.3, 0.4) is 0 Å². The molecule has 2 atom stereocenters. The summed E-state index contributed by atoms with van der Waals surface area (Å²) in [5, 5.41) is 9.98. The van der Waals surface area contributed by atoms with Gasteiger partial charge < -0.3 is 5.73 Å². The van der Waals surface area contributed by atoms with Crippen molar-refractivity contribution < 1.29 is 4.39 Å². The van der Waals surface area contributed by atoms with Gasteiger partial charge in [-0.25, -0.2) is 14.4 Å². The summed E-state index contributed by atoms with van der Waals surface area (Å²) in [4.78, 5) is 8.86. The standard InChI is InChI=1S/C16H18FN5/c1-16(7-3-2-4-8-16)13-11-9-10(17)5-6-12(11)20-15(21-13)22-14(18)19/h2-7,10H,8-9H2,1H3,(H4,18,19,20,21,22)/t10?,16-/m1/s1. The molecule has 1 unspecified atom stereocenters. The highest BCUT2D eigenvalue weighted by molar-refractivity contribution is 5.88. The first kappa shape index (κ1) is 14.4. The SMILES string of the molecule is C[C@@]1(c2nc(NC(=N)N)nc3c2CC(F)C=C3)C=CC=CC1. The summed E-state index contributed by atoms with van der Waals surface area (Å²) in [6.07, 6.45) is 11.3. The molecule has 22 heavy (non-hydrogen) atoms. The van der Waals surface area contributed by atoms with E-state index in [-0.39, 0.29) is 23.7 Å². The number of nitrogens with one attached hydrogen (secondary N) is 2. The number of alkyl halides is 1. The molecule has 6 heteroatoms. The highest BCUT2D eigenvalue weighted by Crippen LogP contribution is 2.36. The van der Waals surface area contributed by atoms with Crippen molar-refractivity contribution in [2.75, 3.05) is 5.32 Å². The minimum atomic E-state index is -1.02. The zero-order valence-corrected chi connectivity index (χ0v) is 12.3. The topological polar surface area (TPSA) is 87.7 Å². The Morgan fingerprint density at radius 3 is 2.95 bits per heavy atom. The molecule has 1 aromatic heterocycles. The quantitative estimate of drug-likeness (QED) is 0.578. The van der Waals surface area contributed by atoms with E-state index in [9.17, 15) is 4.39 Å². The molecular weight excluding hydrogens is 281 g/mol. The zero-order valence-electron chi connectivity index (χ0n) is 12.3. The van der Waals surface area contributed by atoms with Crippen LogP contribution < -0.4 is 11.1 Å². The Bertz CT molecular complexity index is 707. The van der Waals surface area contributed by atoms with Gasteiger partial charge in [-0.2, -0.15) is 0 Å². The number of nitrogens with zero attached hydrogens (tertiary/aromatic N) is 2. The second-order valence-corrected chi connectivity index (χ2v) is 5.79. The number of rotatable bonds is 2. The number of nitrogens with two attached hydrogens (primary N) is 1. The number of allylic oxidation sites excluding steroid dienone is 5. The van der Waals surface area contributed by atoms with Crippen molar-refractivity contribution in [3.05, 3.63) is 47.3 Å². The molecule has 0 amide bonds. The molecule has 0 radical (unpaired) electrons. The van der Waals surface area contributed by atoms with E-state index in [0.29, 0.717) is 5.69 Å². The molecule has 114 valence electrons. The third kappa shape index (κ3) is 2.64. The van der Waals surface area contributed by atoms with Crippen LogP contribution in [-0.2, 0) is 11.8 Å². The number of fused-ring (bicyclic) bond motifs is 1. The molecule has 2 aliphatic rings. The molecule has 0 aliphatic heterocycles. The summed E-state index contributed by atoms with van der Waals surface area (Å²) in [7, 11) is 0. The molecule has 2 aliphatic carbocycles. The van der Waals surface area contributed by atoms with Gasteiger partial charge in [0.05, 0.1) is 11.4 Å². The fourth-order valence-electron chi connectivity index (χ4n) is 2.85. The van der Waals surface area contributed by atoms with Gasteiger partial charge in [-0.3, -0.25) is 10.7 Å². The van der Waals surface area contributed by atoms with E-state index in [1.54, 1.807) is 6.08 Å². The highest BCUT2D eigenvalue weighted by Gasteiger charge is 2.32. The normalized spacial score (nSPS) is 25.8. The third-order valence-electron chi connectivity index (χ3n) is 3.94. The lowest BCUT2D eigenvalue weighted by Gasteiger charge is -2.30. The Morgan fingerprint density at radius 2 is 2.27 bits per heavy atom. The predicted octanol–water partition coefficient (Wildman–Crippen LogP) is 2.46. The van der Waals surface area contributed by atoms with Gasteiger partial charge in [0.25, 0.3) is 0 Å². The lowest BCUT2D eigenvalue weighted by atomic mass is 9.77. The Balaban J connectivity index is 2.14. The maximum absolute atomic E-state index is 13.8. The Morgan fingerprint density at radius 1 is 1.45 bits per heavy atom. The van der Waals surface area contributed by atoms with E-state index < -0.39 is 6.17 Å². The van der Waals surface area contributed by atoms with Gasteiger partial charge in [0.2, 0.25) is 5.95 Å². The van der Waals surface area contributed by atoms with Crippen molar-refractivity contribution in [1.82, 2.24) is 9.97 Å². The summed E-state index contributed by atoms with van der Waals surface area (Å²) >= 11 is 0. The van der Waals surface area contributed by atoms with E-state index in [0.717, 1.165) is 17.7 Å². The van der Waals surface area contributed by atoms with E-state index in [1.165, 1.54) is 6.08 Å². The van der Waals surface area contributed by atoms with Gasteiger partial charge in [-0.15, -0.1) is 0 Å². The van der Waals surface area contributed by atoms with Crippen LogP contribution in [0.2, 0.25) is 0 Å². The van der Waals surface area contributed by atoms with Gasteiger partial charge >= 0.3 is 0 Å². The van der Waals surface area contributed by atoms with Gasteiger partial charge in [0.1, 0.15) is 6.17 Å². The van der Waals surface area contributed by atoms with Gasteiger partial charge in [0, 0.05) is 17.4 Å². The summed E-state index contributed by atoms with van der Waals surface area (Å²) in [6.45, 7) is 2.07. The van der Waals surface area contributed by atoms with Crippen LogP contribution in [-0.4, -0.2) is 22.1 Å². The summed E-state index contributed by atoms with van der Waals surface area (Å²) in [6, 6.07) is 0. The summed E-state index contributed by atoms with van der Waals surface area (Å²) < 4.78 is 13.8. The second-order valence-electron chi connectivity index (χ2n) is 5.79. The maximum Gasteiger partial charge on any atom is 0.230 e. The number of anilines is 1. The van der Waals surface area contributed by atoms with Crippen LogP contribution in [0.15, 0.2) is 30.4 Å². The molecular formula is C16H18FN5. The third-order valence-corrected chi connectivity index (χ3v) is 3.94. The molecule has 0 spiro atoms. The second kappa shape index (κ2) is 5.36. The van der Waals surface area contributed by atoms with Crippen molar-refractivity contribution in [2.24, 2.45) is 5.73 Å². The zero-order chi connectivity index (χ0) is 15.7. The highest BCUT2D eigenvalue weighted by atomic mass is 19.1. The first-order valence-corrected chi connectivity index (χ1v) is 7.17. The largest absolute Gasteiger partial charge is 0.370 e. The Labute approximate surface area is 128 Å². The molecule has 0 saturated heterocycles. The van der Waals surface area contributed by atoms with Crippen molar-refractivity contribution >= 4 is 18.0 Å². The number of hydrogen-bond donors (Lipinski definition) is 3. The summed E-state index contributed by atoms with van der Waals surface area (Å²) in [5.41, 5.74) is 7.35. The molecule has 1 heterocycles. The number of aromatic nitrogens is 2. The monoisotopic (exact) mass is 299 g/mol. The van der Waals surface area contributed by atoms with E-state index in [2.05, 4.69) is 34.4 Å². The van der Waals surface area contributed by atoms with Crippen LogP contribution in [0.25, 0.3) is 6.08 Å². The molecule has 5 nitrogen and oxygen atoms in total. The lowest BCUT2D eigenvalue weighted by molar-refractivity contribution is 0.392. The van der Waals surface area contributed by atoms with Gasteiger partial charge in [-0.1, -0.05) is 31.2 Å². The average molecular weight is 299 g/mol. The molecule has 0 fully saturated rings. The fraction of sp³-hybridized carbons (Fsp3) is 0.312. The summed E-state index contributed by atoms with van der Waals surface area (Å²) in [5.74, 6) is 0.0469. The van der Waals surface area contributed by atoms with Crippen LogP contribution in [0, 0.1) is 5.41 Å². The Kier molecular flexibility index (Phi) is 3.52. The molecule has 0 aromatic carbocycles. The number of halogens is 1. The lowest BCUT2D eigenvalue weighted by Crippen LogP contribution is -2.29. The van der Waals surface area contributed by atoms with Gasteiger partial charge in [0.15, 0.2) is 5.96 Å². The smallest absolute Gasteiger partial charge is 0.230 e. The first-order valence-electron chi connectivity index (χ1n) is 7.17. The van der Waals surface area contributed by atoms with Crippen LogP contribution in [0.5, 0.6) is 0 Å². The molecule has 4 N–H and O–H groups in total. The van der Waals surface area contributed by atoms with Crippen molar-refractivity contribution in [2.45, 2.75) is 31.4 Å². The fourth-order valence-corrected chi connectivity index (χ4v) is 2.85. The minimum Gasteiger partial charge on any atom is -0.370 e. The molecule has 0 bridgehead atoms. The Hall–Kier alpha value is -2.50. The molecule has 0 saturated carbocycles.